The van der Waals surface area contributed by atoms with Crippen LogP contribution in [0.3, 0.4) is 0 Å². The molecule has 0 bridgehead atoms. The Morgan fingerprint density at radius 2 is 1.93 bits per heavy atom. The number of carbonyl (C=O) groups is 1. The quantitative estimate of drug-likeness (QED) is 0.772. The van der Waals surface area contributed by atoms with Gasteiger partial charge in [0.05, 0.1) is 0 Å². The number of hydrogen-bond acceptors (Lipinski definition) is 2. The highest BCUT2D eigenvalue weighted by Crippen LogP contribution is 2.25. The molecule has 1 aromatic rings. The molecule has 0 saturated heterocycles. The molecule has 5 heteroatoms. The maximum Gasteiger partial charge on any atom is 0.253 e. The van der Waals surface area contributed by atoms with Crippen LogP contribution < -0.4 is 5.73 Å². The summed E-state index contributed by atoms with van der Waals surface area (Å²) in [6.07, 6.45) is 0. The first kappa shape index (κ1) is 11.6. The fourth-order valence-electron chi connectivity index (χ4n) is 1.15. The van der Waals surface area contributed by atoms with E-state index in [1.165, 1.54) is 6.92 Å². The molecular formula is C10H11F2NO2. The number of primary amides is 1. The second kappa shape index (κ2) is 3.58. The smallest absolute Gasteiger partial charge is 0.253 e. The molecule has 82 valence electrons. The molecule has 0 radical (unpaired) electrons. The Kier molecular flexibility index (Phi) is 2.77. The Morgan fingerprint density at radius 1 is 1.40 bits per heavy atom. The van der Waals surface area contributed by atoms with Crippen molar-refractivity contribution >= 4 is 5.91 Å². The van der Waals surface area contributed by atoms with Crippen LogP contribution in [0.25, 0.3) is 0 Å². The van der Waals surface area contributed by atoms with Gasteiger partial charge in [0.2, 0.25) is 0 Å². The van der Waals surface area contributed by atoms with Crippen molar-refractivity contribution in [3.63, 3.8) is 0 Å². The summed E-state index contributed by atoms with van der Waals surface area (Å²) in [6, 6.07) is 1.68. The number of hydrogen-bond donors (Lipinski definition) is 2. The molecule has 0 heterocycles. The second-order valence-electron chi connectivity index (χ2n) is 3.52. The lowest BCUT2D eigenvalue weighted by Gasteiger charge is -2.20. The van der Waals surface area contributed by atoms with Gasteiger partial charge in [-0.1, -0.05) is 0 Å². The van der Waals surface area contributed by atoms with E-state index in [-0.39, 0.29) is 5.56 Å². The molecule has 0 aliphatic rings. The van der Waals surface area contributed by atoms with Crippen LogP contribution in [0.1, 0.15) is 18.1 Å². The fourth-order valence-corrected chi connectivity index (χ4v) is 1.15. The molecule has 1 atom stereocenters. The second-order valence-corrected chi connectivity index (χ2v) is 3.52. The van der Waals surface area contributed by atoms with Gasteiger partial charge in [0, 0.05) is 5.56 Å². The van der Waals surface area contributed by atoms with E-state index in [4.69, 9.17) is 5.73 Å². The molecule has 0 saturated carbocycles. The molecule has 0 fully saturated rings. The van der Waals surface area contributed by atoms with Crippen LogP contribution in [-0.2, 0) is 10.4 Å². The van der Waals surface area contributed by atoms with Crippen molar-refractivity contribution < 1.29 is 18.7 Å². The number of aliphatic hydroxyl groups is 1. The summed E-state index contributed by atoms with van der Waals surface area (Å²) in [6.45, 7) is 2.39. The average molecular weight is 215 g/mol. The van der Waals surface area contributed by atoms with Gasteiger partial charge < -0.3 is 10.8 Å². The first-order valence-electron chi connectivity index (χ1n) is 4.25. The number of carbonyl (C=O) groups excluding carboxylic acids is 1. The van der Waals surface area contributed by atoms with Crippen LogP contribution in [0.2, 0.25) is 0 Å². The molecule has 15 heavy (non-hydrogen) atoms. The number of nitrogens with two attached hydrogens (primary N) is 1. The Morgan fingerprint density at radius 3 is 2.40 bits per heavy atom. The molecule has 0 aliphatic heterocycles. The van der Waals surface area contributed by atoms with E-state index < -0.39 is 28.7 Å². The minimum Gasteiger partial charge on any atom is -0.375 e. The molecule has 3 N–H and O–H groups in total. The molecule has 1 aromatic carbocycles. The van der Waals surface area contributed by atoms with Gasteiger partial charge in [0.15, 0.2) is 5.60 Å². The van der Waals surface area contributed by atoms with Crippen molar-refractivity contribution in [1.29, 1.82) is 0 Å². The van der Waals surface area contributed by atoms with Crippen LogP contribution >= 0.6 is 0 Å². The van der Waals surface area contributed by atoms with Gasteiger partial charge in [-0.05, 0) is 31.5 Å². The van der Waals surface area contributed by atoms with E-state index in [0.29, 0.717) is 0 Å². The van der Waals surface area contributed by atoms with Gasteiger partial charge in [-0.3, -0.25) is 4.79 Å². The van der Waals surface area contributed by atoms with Crippen molar-refractivity contribution in [2.45, 2.75) is 19.4 Å². The lowest BCUT2D eigenvalue weighted by molar-refractivity contribution is -0.135. The number of halogens is 2. The third kappa shape index (κ3) is 1.97. The summed E-state index contributed by atoms with van der Waals surface area (Å²) in [7, 11) is 0. The first-order valence-corrected chi connectivity index (χ1v) is 4.25. The highest BCUT2D eigenvalue weighted by Gasteiger charge is 2.33. The van der Waals surface area contributed by atoms with Crippen LogP contribution in [0.15, 0.2) is 12.1 Å². The minimum atomic E-state index is -2.21. The maximum absolute atomic E-state index is 13.4. The summed E-state index contributed by atoms with van der Waals surface area (Å²) in [4.78, 5) is 10.9. The molecule has 1 rings (SSSR count). The van der Waals surface area contributed by atoms with Crippen LogP contribution in [0.5, 0.6) is 0 Å². The van der Waals surface area contributed by atoms with Gasteiger partial charge in [0.25, 0.3) is 5.91 Å². The number of rotatable bonds is 2. The summed E-state index contributed by atoms with van der Waals surface area (Å²) in [5.74, 6) is -2.70. The predicted molar refractivity (Wildman–Crippen MR) is 49.9 cm³/mol. The summed E-state index contributed by atoms with van der Waals surface area (Å²) in [5, 5.41) is 9.58. The monoisotopic (exact) mass is 215 g/mol. The average Bonchev–Trinajstić information content (AvgIpc) is 2.10. The molecule has 0 aromatic heterocycles. The molecular weight excluding hydrogens is 204 g/mol. The third-order valence-electron chi connectivity index (χ3n) is 2.25. The summed E-state index contributed by atoms with van der Waals surface area (Å²) >= 11 is 0. The Labute approximate surface area is 85.5 Å². The predicted octanol–water partition coefficient (Wildman–Crippen LogP) is 0.966. The van der Waals surface area contributed by atoms with Crippen molar-refractivity contribution in [2.24, 2.45) is 5.73 Å². The lowest BCUT2D eigenvalue weighted by atomic mass is 9.93. The minimum absolute atomic E-state index is 0.0940. The zero-order valence-electron chi connectivity index (χ0n) is 8.34. The number of aryl methyl sites for hydroxylation is 1. The molecule has 3 nitrogen and oxygen atoms in total. The molecule has 1 amide bonds. The molecule has 1 unspecified atom stereocenters. The fraction of sp³-hybridized carbons (Fsp3) is 0.300. The van der Waals surface area contributed by atoms with E-state index >= 15 is 0 Å². The lowest BCUT2D eigenvalue weighted by Crippen LogP contribution is -2.39. The highest BCUT2D eigenvalue weighted by molar-refractivity contribution is 5.84. The number of benzene rings is 1. The van der Waals surface area contributed by atoms with E-state index in [9.17, 15) is 18.7 Å². The van der Waals surface area contributed by atoms with Gasteiger partial charge in [-0.2, -0.15) is 0 Å². The van der Waals surface area contributed by atoms with E-state index in [2.05, 4.69) is 0 Å². The first-order chi connectivity index (χ1) is 6.76. The normalized spacial score (nSPS) is 14.7. The number of amides is 1. The summed E-state index contributed by atoms with van der Waals surface area (Å²) in [5.41, 5.74) is 2.31. The van der Waals surface area contributed by atoms with Gasteiger partial charge in [-0.25, -0.2) is 8.78 Å². The molecule has 0 spiro atoms. The third-order valence-corrected chi connectivity index (χ3v) is 2.25. The summed E-state index contributed by atoms with van der Waals surface area (Å²) < 4.78 is 26.5. The molecule has 0 aliphatic carbocycles. The van der Waals surface area contributed by atoms with Crippen molar-refractivity contribution in [3.8, 4) is 0 Å². The van der Waals surface area contributed by atoms with Crippen molar-refractivity contribution in [2.75, 3.05) is 0 Å². The Hall–Kier alpha value is -1.49. The van der Waals surface area contributed by atoms with Gasteiger partial charge in [-0.15, -0.1) is 0 Å². The zero-order chi connectivity index (χ0) is 11.8. The Bertz CT molecular complexity index is 416. The standard InChI is InChI=1S/C10H11F2NO2/c1-5-3-8(12)6(4-7(5)11)10(2,15)9(13)14/h3-4,15H,1-2H3,(H2,13,14). The van der Waals surface area contributed by atoms with Crippen LogP contribution in [-0.4, -0.2) is 11.0 Å². The van der Waals surface area contributed by atoms with Gasteiger partial charge in [0.1, 0.15) is 11.6 Å². The van der Waals surface area contributed by atoms with E-state index in [1.54, 1.807) is 0 Å². The zero-order valence-corrected chi connectivity index (χ0v) is 8.34. The highest BCUT2D eigenvalue weighted by atomic mass is 19.1. The van der Waals surface area contributed by atoms with E-state index in [1.807, 2.05) is 0 Å². The SMILES string of the molecule is Cc1cc(F)c(C(C)(O)C(N)=O)cc1F. The topological polar surface area (TPSA) is 63.3 Å². The van der Waals surface area contributed by atoms with Crippen molar-refractivity contribution in [1.82, 2.24) is 0 Å². The van der Waals surface area contributed by atoms with E-state index in [0.717, 1.165) is 19.1 Å². The largest absolute Gasteiger partial charge is 0.375 e. The van der Waals surface area contributed by atoms with Crippen LogP contribution in [0, 0.1) is 18.6 Å². The van der Waals surface area contributed by atoms with Crippen molar-refractivity contribution in [3.05, 3.63) is 34.9 Å². The maximum atomic E-state index is 13.4. The van der Waals surface area contributed by atoms with Gasteiger partial charge >= 0.3 is 0 Å². The van der Waals surface area contributed by atoms with Crippen LogP contribution in [0.4, 0.5) is 8.78 Å². The Balaban J connectivity index is 3.38.